The molecule has 0 aromatic heterocycles. The number of hydrogen-bond acceptors (Lipinski definition) is 0. The lowest BCUT2D eigenvalue weighted by Crippen LogP contribution is -1.62. The Labute approximate surface area is 81.4 Å². The number of halogens is 3. The van der Waals surface area contributed by atoms with E-state index in [0.29, 0.717) is 10.0 Å². The maximum Gasteiger partial charge on any atom is 0.0592 e. The molecule has 1 aromatic rings. The molecule has 0 atom stereocenters. The predicted octanol–water partition coefficient (Wildman–Crippen LogP) is 4.36. The Kier molecular flexibility index (Phi) is 6.43. The second-order valence-electron chi connectivity index (χ2n) is 1.57. The summed E-state index contributed by atoms with van der Waals surface area (Å²) in [5.74, 6) is 0. The zero-order valence-corrected chi connectivity index (χ0v) is 8.00. The van der Waals surface area contributed by atoms with Crippen LogP contribution >= 0.6 is 34.8 Å². The molecule has 0 N–H and O–H groups in total. The van der Waals surface area contributed by atoms with E-state index >= 15 is 0 Å². The summed E-state index contributed by atoms with van der Waals surface area (Å²) in [5, 5.41) is 1.21. The zero-order valence-electron chi connectivity index (χ0n) is 5.73. The summed E-state index contributed by atoms with van der Waals surface area (Å²) in [5.41, 5.74) is 1.22. The van der Waals surface area contributed by atoms with Gasteiger partial charge in [-0.05, 0) is 17.7 Å². The monoisotopic (exact) mass is 208 g/mol. The van der Waals surface area contributed by atoms with Gasteiger partial charge in [0.25, 0.3) is 0 Å². The van der Waals surface area contributed by atoms with E-state index < -0.39 is 0 Å². The number of rotatable bonds is 0. The van der Waals surface area contributed by atoms with Crippen molar-refractivity contribution in [1.29, 1.82) is 0 Å². The maximum atomic E-state index is 5.58. The molecule has 3 heteroatoms. The topological polar surface area (TPSA) is 0 Å². The number of hydrogen-bond donors (Lipinski definition) is 0. The van der Waals surface area contributed by atoms with Crippen LogP contribution in [0.1, 0.15) is 0 Å². The van der Waals surface area contributed by atoms with E-state index in [-0.39, 0.29) is 0 Å². The molecule has 0 aliphatic rings. The Balaban J connectivity index is 0.000000292. The van der Waals surface area contributed by atoms with Gasteiger partial charge in [-0.1, -0.05) is 53.5 Å². The molecule has 0 saturated heterocycles. The van der Waals surface area contributed by atoms with Gasteiger partial charge >= 0.3 is 0 Å². The van der Waals surface area contributed by atoms with E-state index in [9.17, 15) is 0 Å². The summed E-state index contributed by atoms with van der Waals surface area (Å²) in [6, 6.07) is 7.19. The smallest absolute Gasteiger partial charge is 0.0592 e. The molecule has 0 nitrogen and oxygen atoms in total. The summed E-state index contributed by atoms with van der Waals surface area (Å²) < 4.78 is 0. The quantitative estimate of drug-likeness (QED) is 0.595. The molecular weight excluding hydrogens is 202 g/mol. The van der Waals surface area contributed by atoms with Crippen LogP contribution in [0.3, 0.4) is 0 Å². The van der Waals surface area contributed by atoms with Gasteiger partial charge in [-0.3, -0.25) is 0 Å². The first-order valence-electron chi connectivity index (χ1n) is 2.83. The van der Waals surface area contributed by atoms with Crippen molar-refractivity contribution in [3.05, 3.63) is 46.4 Å². The van der Waals surface area contributed by atoms with Crippen molar-refractivity contribution in [2.24, 2.45) is 0 Å². The Hall–Kier alpha value is -0.170. The van der Waals surface area contributed by atoms with Crippen molar-refractivity contribution in [1.82, 2.24) is 0 Å². The van der Waals surface area contributed by atoms with Crippen molar-refractivity contribution in [3.8, 4) is 0 Å². The molecule has 0 heterocycles. The molecule has 0 aliphatic carbocycles. The van der Waals surface area contributed by atoms with Gasteiger partial charge in [-0.2, -0.15) is 0 Å². The van der Waals surface area contributed by atoms with Crippen molar-refractivity contribution < 1.29 is 0 Å². The molecule has 0 amide bonds. The minimum absolute atomic E-state index is 0.606. The van der Waals surface area contributed by atoms with E-state index in [1.807, 2.05) is 12.1 Å². The summed E-state index contributed by atoms with van der Waals surface area (Å²) in [7, 11) is 0. The summed E-state index contributed by atoms with van der Waals surface area (Å²) in [6.07, 6.45) is 0. The highest BCUT2D eigenvalue weighted by Gasteiger charge is 1.89. The van der Waals surface area contributed by atoms with E-state index in [4.69, 9.17) is 34.8 Å². The fourth-order valence-corrected chi connectivity index (χ4v) is 0.711. The lowest BCUT2D eigenvalue weighted by molar-refractivity contribution is 1.71. The second-order valence-corrected chi connectivity index (χ2v) is 2.69. The minimum Gasteiger partial charge on any atom is -0.0936 e. The van der Waals surface area contributed by atoms with Crippen LogP contribution in [0.15, 0.2) is 36.4 Å². The highest BCUT2D eigenvalue weighted by molar-refractivity contribution is 6.41. The predicted molar refractivity (Wildman–Crippen MR) is 52.5 cm³/mol. The number of benzene rings is 1. The average molecular weight is 210 g/mol. The molecule has 0 unspecified atom stereocenters. The van der Waals surface area contributed by atoms with Gasteiger partial charge in [0, 0.05) is 0 Å². The van der Waals surface area contributed by atoms with Crippen LogP contribution in [-0.4, -0.2) is 0 Å². The molecule has 0 radical (unpaired) electrons. The summed E-state index contributed by atoms with van der Waals surface area (Å²) in [4.78, 5) is 0. The Morgan fingerprint density at radius 3 is 1.55 bits per heavy atom. The van der Waals surface area contributed by atoms with Gasteiger partial charge in [0.05, 0.1) is 10.0 Å². The molecule has 0 bridgehead atoms. The van der Waals surface area contributed by atoms with Crippen LogP contribution in [0.25, 0.3) is 0 Å². The van der Waals surface area contributed by atoms with E-state index in [0.717, 1.165) is 0 Å². The third-order valence-corrected chi connectivity index (χ3v) is 1.58. The second kappa shape index (κ2) is 6.53. The Morgan fingerprint density at radius 1 is 1.09 bits per heavy atom. The van der Waals surface area contributed by atoms with Gasteiger partial charge in [-0.25, -0.2) is 0 Å². The standard InChI is InChI=1S/C6H4Cl2.C2H3Cl/c7-5-3-1-2-4-6(5)8;1-2-3/h1-4H;2H,1H2. The van der Waals surface area contributed by atoms with Crippen molar-refractivity contribution in [2.45, 2.75) is 0 Å². The molecule has 0 saturated carbocycles. The SMILES string of the molecule is C=CCl.Clc1ccccc1Cl. The van der Waals surface area contributed by atoms with Crippen molar-refractivity contribution in [3.63, 3.8) is 0 Å². The van der Waals surface area contributed by atoms with Gasteiger partial charge in [0.15, 0.2) is 0 Å². The van der Waals surface area contributed by atoms with Gasteiger partial charge in [0.1, 0.15) is 0 Å². The van der Waals surface area contributed by atoms with Crippen LogP contribution in [-0.2, 0) is 0 Å². The molecule has 60 valence electrons. The average Bonchev–Trinajstić information content (AvgIpc) is 1.97. The minimum atomic E-state index is 0.606. The normalized spacial score (nSPS) is 7.91. The molecule has 11 heavy (non-hydrogen) atoms. The van der Waals surface area contributed by atoms with Crippen LogP contribution in [0.2, 0.25) is 10.0 Å². The molecular formula is C8H7Cl3. The maximum absolute atomic E-state index is 5.58. The Bertz CT molecular complexity index is 199. The summed E-state index contributed by atoms with van der Waals surface area (Å²) in [6.45, 7) is 3.13. The van der Waals surface area contributed by atoms with Crippen LogP contribution in [0.5, 0.6) is 0 Å². The molecule has 0 fully saturated rings. The van der Waals surface area contributed by atoms with Crippen LogP contribution in [0.4, 0.5) is 0 Å². The van der Waals surface area contributed by atoms with Crippen molar-refractivity contribution in [2.75, 3.05) is 0 Å². The fraction of sp³-hybridized carbons (Fsp3) is 0. The van der Waals surface area contributed by atoms with Gasteiger partial charge in [0.2, 0.25) is 0 Å². The Morgan fingerprint density at radius 2 is 1.36 bits per heavy atom. The first kappa shape index (κ1) is 10.8. The summed E-state index contributed by atoms with van der Waals surface area (Å²) >= 11 is 15.9. The zero-order chi connectivity index (χ0) is 8.69. The first-order chi connectivity index (χ1) is 5.22. The van der Waals surface area contributed by atoms with Crippen molar-refractivity contribution >= 4 is 34.8 Å². The van der Waals surface area contributed by atoms with E-state index in [1.165, 1.54) is 5.54 Å². The van der Waals surface area contributed by atoms with Gasteiger partial charge < -0.3 is 0 Å². The molecule has 1 rings (SSSR count). The van der Waals surface area contributed by atoms with E-state index in [2.05, 4.69) is 6.58 Å². The molecule has 0 aliphatic heterocycles. The van der Waals surface area contributed by atoms with Crippen LogP contribution in [0, 0.1) is 0 Å². The largest absolute Gasteiger partial charge is 0.0936 e. The first-order valence-corrected chi connectivity index (χ1v) is 4.02. The lowest BCUT2D eigenvalue weighted by atomic mass is 10.4. The van der Waals surface area contributed by atoms with E-state index in [1.54, 1.807) is 12.1 Å². The molecule has 0 spiro atoms. The lowest BCUT2D eigenvalue weighted by Gasteiger charge is -1.88. The fourth-order valence-electron chi connectivity index (χ4n) is 0.439. The highest BCUT2D eigenvalue weighted by atomic mass is 35.5. The third kappa shape index (κ3) is 5.14. The highest BCUT2D eigenvalue weighted by Crippen LogP contribution is 2.19. The van der Waals surface area contributed by atoms with Crippen LogP contribution < -0.4 is 0 Å². The molecule has 1 aromatic carbocycles. The van der Waals surface area contributed by atoms with Gasteiger partial charge in [-0.15, -0.1) is 0 Å². The third-order valence-electron chi connectivity index (χ3n) is 0.824.